The predicted octanol–water partition coefficient (Wildman–Crippen LogP) is -3.67. The molecule has 0 rings (SSSR count). The highest BCUT2D eigenvalue weighted by atomic mass is 16.6. The van der Waals surface area contributed by atoms with Gasteiger partial charge >= 0.3 is 59.7 Å². The molecule has 0 saturated heterocycles. The number of carbonyl (C=O) groups is 12. The number of ketones is 2. The number of methoxy groups -OCH3 is 5. The summed E-state index contributed by atoms with van der Waals surface area (Å²) in [6, 6.07) is 0. The standard InChI is InChI=1S/C13H16O9.C13H14O9.C5H6O4.C3H6O3/c2*1-19-10(15)3-5-12(17)21-7-9(14)8-22-13(18)6-4-11(16)20-2;1-9-5(8)3-2-4(6)7;4-1-3(6)2-5/h3-6,9,14H,7-8H2,1-2H3;3-6H,7-8H2,1-2H3;2-3H,1H3,(H,6,7);4-5H,1-2H2/b2*5-3+,6-4+;3-2+;. The quantitative estimate of drug-likeness (QED) is 0.0521. The van der Waals surface area contributed by atoms with E-state index in [0.29, 0.717) is 6.08 Å². The molecule has 0 fully saturated rings. The number of Topliss-reactive ketones (excluding diaryl/α,β-unsaturated/α-hetero) is 2. The fraction of sp³-hybridized carbons (Fsp3) is 0.353. The lowest BCUT2D eigenvalue weighted by Crippen LogP contribution is -2.24. The van der Waals surface area contributed by atoms with Crippen molar-refractivity contribution in [2.45, 2.75) is 6.10 Å². The summed E-state index contributed by atoms with van der Waals surface area (Å²) in [5.41, 5.74) is 0. The van der Waals surface area contributed by atoms with Crippen LogP contribution in [0.25, 0.3) is 0 Å². The molecular formula is C34H42O25. The number of aliphatic hydroxyl groups is 3. The van der Waals surface area contributed by atoms with Crippen LogP contribution in [0, 0.1) is 0 Å². The summed E-state index contributed by atoms with van der Waals surface area (Å²) in [6.45, 7) is -3.29. The highest BCUT2D eigenvalue weighted by Crippen LogP contribution is 1.93. The first-order chi connectivity index (χ1) is 27.7. The minimum absolute atomic E-state index is 0.446. The van der Waals surface area contributed by atoms with Crippen molar-refractivity contribution in [3.63, 3.8) is 0 Å². The number of esters is 9. The lowest BCUT2D eigenvalue weighted by molar-refractivity contribution is -0.149. The van der Waals surface area contributed by atoms with Crippen LogP contribution in [0.15, 0.2) is 60.8 Å². The fourth-order valence-corrected chi connectivity index (χ4v) is 2.02. The number of carboxylic acid groups (broad SMARTS) is 1. The molecule has 0 bridgehead atoms. The first-order valence-electron chi connectivity index (χ1n) is 15.4. The molecule has 25 heteroatoms. The maximum absolute atomic E-state index is 11.3. The zero-order chi connectivity index (χ0) is 46.2. The predicted molar refractivity (Wildman–Crippen MR) is 187 cm³/mol. The van der Waals surface area contributed by atoms with Gasteiger partial charge in [-0.15, -0.1) is 0 Å². The van der Waals surface area contributed by atoms with Crippen LogP contribution in [-0.2, 0) is 100 Å². The van der Waals surface area contributed by atoms with Crippen molar-refractivity contribution in [3.8, 4) is 0 Å². The molecule has 0 radical (unpaired) electrons. The summed E-state index contributed by atoms with van der Waals surface area (Å²) in [7, 11) is 5.72. The third-order valence-corrected chi connectivity index (χ3v) is 4.73. The van der Waals surface area contributed by atoms with Crippen LogP contribution in [0.1, 0.15) is 0 Å². The van der Waals surface area contributed by atoms with Crippen LogP contribution in [-0.4, -0.2) is 173 Å². The number of carboxylic acids is 1. The summed E-state index contributed by atoms with van der Waals surface area (Å²) in [4.78, 5) is 128. The Kier molecular flexibility index (Phi) is 38.4. The number of rotatable bonds is 20. The van der Waals surface area contributed by atoms with Gasteiger partial charge in [-0.2, -0.15) is 0 Å². The van der Waals surface area contributed by atoms with Crippen LogP contribution in [0.3, 0.4) is 0 Å². The van der Waals surface area contributed by atoms with Gasteiger partial charge in [-0.05, 0) is 0 Å². The molecule has 0 aromatic heterocycles. The monoisotopic (exact) mass is 850 g/mol. The van der Waals surface area contributed by atoms with Crippen molar-refractivity contribution < 1.29 is 121 Å². The molecule has 0 aliphatic heterocycles. The molecule has 0 atom stereocenters. The highest BCUT2D eigenvalue weighted by Gasteiger charge is 2.11. The summed E-state index contributed by atoms with van der Waals surface area (Å²) in [5, 5.41) is 33.0. The van der Waals surface area contributed by atoms with Gasteiger partial charge in [0.2, 0.25) is 5.78 Å². The molecule has 0 aromatic rings. The summed E-state index contributed by atoms with van der Waals surface area (Å²) >= 11 is 0. The van der Waals surface area contributed by atoms with Gasteiger partial charge in [-0.3, -0.25) is 9.59 Å². The van der Waals surface area contributed by atoms with Crippen molar-refractivity contribution in [1.29, 1.82) is 0 Å². The molecule has 25 nitrogen and oxygen atoms in total. The number of carbonyl (C=O) groups excluding carboxylic acids is 11. The molecule has 0 spiro atoms. The maximum atomic E-state index is 11.3. The smallest absolute Gasteiger partial charge is 0.331 e. The minimum Gasteiger partial charge on any atom is -0.478 e. The van der Waals surface area contributed by atoms with Gasteiger partial charge in [0.05, 0.1) is 35.5 Å². The van der Waals surface area contributed by atoms with Crippen LogP contribution in [0.5, 0.6) is 0 Å². The molecule has 0 amide bonds. The third kappa shape index (κ3) is 44.9. The topological polar surface area (TPSA) is 369 Å². The van der Waals surface area contributed by atoms with Crippen molar-refractivity contribution >= 4 is 71.3 Å². The number of aliphatic hydroxyl groups excluding tert-OH is 3. The van der Waals surface area contributed by atoms with Crippen LogP contribution in [0.2, 0.25) is 0 Å². The van der Waals surface area contributed by atoms with Crippen molar-refractivity contribution in [3.05, 3.63) is 60.8 Å². The van der Waals surface area contributed by atoms with Gasteiger partial charge in [0.15, 0.2) is 19.0 Å². The molecule has 0 aliphatic carbocycles. The highest BCUT2D eigenvalue weighted by molar-refractivity contribution is 5.95. The van der Waals surface area contributed by atoms with E-state index in [2.05, 4.69) is 42.6 Å². The van der Waals surface area contributed by atoms with E-state index >= 15 is 0 Å². The Morgan fingerprint density at radius 2 is 0.627 bits per heavy atom. The molecule has 0 unspecified atom stereocenters. The minimum atomic E-state index is -1.26. The zero-order valence-corrected chi connectivity index (χ0v) is 32.0. The largest absolute Gasteiger partial charge is 0.478 e. The summed E-state index contributed by atoms with van der Waals surface area (Å²) < 4.78 is 39.2. The molecule has 0 heterocycles. The lowest BCUT2D eigenvalue weighted by Gasteiger charge is -2.10. The molecule has 4 N–H and O–H groups in total. The molecule has 59 heavy (non-hydrogen) atoms. The van der Waals surface area contributed by atoms with E-state index in [1.807, 2.05) is 0 Å². The zero-order valence-electron chi connectivity index (χ0n) is 32.0. The maximum Gasteiger partial charge on any atom is 0.331 e. The number of ether oxygens (including phenoxy) is 9. The van der Waals surface area contributed by atoms with Crippen molar-refractivity contribution in [2.75, 3.05) is 75.2 Å². The second-order valence-electron chi connectivity index (χ2n) is 9.14. The third-order valence-electron chi connectivity index (χ3n) is 4.73. The Labute approximate surface area is 333 Å². The van der Waals surface area contributed by atoms with Gasteiger partial charge in [-0.1, -0.05) is 0 Å². The Morgan fingerprint density at radius 1 is 0.390 bits per heavy atom. The van der Waals surface area contributed by atoms with E-state index in [-0.39, 0.29) is 0 Å². The summed E-state index contributed by atoms with van der Waals surface area (Å²) in [6.07, 6.45) is 6.86. The Balaban J connectivity index is -0.000000382. The Hall–Kier alpha value is -7.38. The second kappa shape index (κ2) is 38.9. The van der Waals surface area contributed by atoms with E-state index in [1.165, 1.54) is 7.11 Å². The van der Waals surface area contributed by atoms with Crippen LogP contribution in [0.4, 0.5) is 0 Å². The van der Waals surface area contributed by atoms with Crippen LogP contribution < -0.4 is 0 Å². The van der Waals surface area contributed by atoms with E-state index in [9.17, 15) is 62.6 Å². The van der Waals surface area contributed by atoms with Crippen molar-refractivity contribution in [2.24, 2.45) is 0 Å². The van der Waals surface area contributed by atoms with Gasteiger partial charge in [-0.25, -0.2) is 47.9 Å². The first-order valence-corrected chi connectivity index (χ1v) is 15.4. The molecular weight excluding hydrogens is 808 g/mol. The van der Waals surface area contributed by atoms with E-state index in [4.69, 9.17) is 15.3 Å². The molecule has 0 aromatic carbocycles. The average Bonchev–Trinajstić information content (AvgIpc) is 3.24. The fourth-order valence-electron chi connectivity index (χ4n) is 2.02. The normalized spacial score (nSPS) is 10.1. The Bertz CT molecular complexity index is 1470. The van der Waals surface area contributed by atoms with Gasteiger partial charge in [0, 0.05) is 60.8 Å². The van der Waals surface area contributed by atoms with Gasteiger partial charge in [0.1, 0.15) is 32.5 Å². The molecule has 328 valence electrons. The summed E-state index contributed by atoms with van der Waals surface area (Å²) in [5.74, 6) is -9.67. The molecule has 0 saturated carbocycles. The number of hydrogen-bond acceptors (Lipinski definition) is 24. The number of aliphatic carboxylic acids is 1. The first kappa shape index (κ1) is 58.3. The van der Waals surface area contributed by atoms with Crippen molar-refractivity contribution in [1.82, 2.24) is 0 Å². The van der Waals surface area contributed by atoms with E-state index < -0.39 is 117 Å². The molecule has 0 aliphatic rings. The van der Waals surface area contributed by atoms with E-state index in [1.54, 1.807) is 0 Å². The second-order valence-corrected chi connectivity index (χ2v) is 9.14. The average molecular weight is 851 g/mol. The van der Waals surface area contributed by atoms with Gasteiger partial charge < -0.3 is 63.1 Å². The van der Waals surface area contributed by atoms with E-state index in [0.717, 1.165) is 83.1 Å². The lowest BCUT2D eigenvalue weighted by atomic mass is 10.4. The SMILES string of the molecule is COC(=O)/C=C/C(=O)O.COC(=O)/C=C/C(=O)OCC(=O)COC(=O)/C=C/C(=O)OC.COC(=O)/C=C/C(=O)OCC(O)COC(=O)/C=C/C(=O)OC.O=C(CO)CO. The Morgan fingerprint density at radius 3 is 0.847 bits per heavy atom. The number of hydrogen-bond donors (Lipinski definition) is 4. The van der Waals surface area contributed by atoms with Gasteiger partial charge in [0.25, 0.3) is 0 Å². The van der Waals surface area contributed by atoms with Crippen LogP contribution >= 0.6 is 0 Å².